The molecule has 0 saturated carbocycles. The third-order valence-corrected chi connectivity index (χ3v) is 4.80. The van der Waals surface area contributed by atoms with Crippen molar-refractivity contribution < 1.29 is 38.1 Å². The van der Waals surface area contributed by atoms with Crippen LogP contribution in [0.2, 0.25) is 0 Å². The molecule has 0 radical (unpaired) electrons. The number of hydrogen-bond acceptors (Lipinski definition) is 9. The first-order valence-corrected chi connectivity index (χ1v) is 9.38. The number of benzene rings is 1. The lowest BCUT2D eigenvalue weighted by atomic mass is 9.89. The Morgan fingerprint density at radius 1 is 1.26 bits per heavy atom. The number of rotatable bonds is 5. The predicted octanol–water partition coefficient (Wildman–Crippen LogP) is 1.10. The molecule has 168 valence electrons. The molecule has 31 heavy (non-hydrogen) atoms. The first kappa shape index (κ1) is 22.5. The average molecular weight is 436 g/mol. The standard InChI is InChI=1S/C20H24N2O9/c1-9(23)22-12-7-10-5-6-11(8-13(10)29-17(12)25)28-18-14(24)15(30-19(21)26)16(27-4)20(2,3)31-18/h5-8,14-16,18,24H,1-4H3,(H2,21,26)(H,22,23)/t14-,15+,16?,18?/m0/s1. The number of nitrogens with two attached hydrogens (primary N) is 1. The second-order valence-corrected chi connectivity index (χ2v) is 7.58. The van der Waals surface area contributed by atoms with E-state index in [4.69, 9.17) is 29.1 Å². The van der Waals surface area contributed by atoms with E-state index in [1.807, 2.05) is 0 Å². The van der Waals surface area contributed by atoms with E-state index >= 15 is 0 Å². The van der Waals surface area contributed by atoms with Gasteiger partial charge in [-0.2, -0.15) is 0 Å². The van der Waals surface area contributed by atoms with Crippen molar-refractivity contribution in [3.63, 3.8) is 0 Å². The molecule has 11 heteroatoms. The molecule has 4 atom stereocenters. The number of amides is 2. The Labute approximate surface area is 177 Å². The molecule has 0 aliphatic carbocycles. The van der Waals surface area contributed by atoms with Gasteiger partial charge in [-0.05, 0) is 32.0 Å². The largest absolute Gasteiger partial charge is 0.462 e. The molecule has 11 nitrogen and oxygen atoms in total. The summed E-state index contributed by atoms with van der Waals surface area (Å²) in [5.41, 5.74) is 3.60. The van der Waals surface area contributed by atoms with E-state index in [2.05, 4.69) is 5.32 Å². The third-order valence-electron chi connectivity index (χ3n) is 4.80. The third kappa shape index (κ3) is 4.79. The van der Waals surface area contributed by atoms with Crippen LogP contribution in [0.5, 0.6) is 5.75 Å². The van der Waals surface area contributed by atoms with Gasteiger partial charge in [0.2, 0.25) is 12.2 Å². The summed E-state index contributed by atoms with van der Waals surface area (Å²) in [7, 11) is 1.39. The molecule has 2 amide bonds. The summed E-state index contributed by atoms with van der Waals surface area (Å²) in [5.74, 6) is -0.184. The average Bonchev–Trinajstić information content (AvgIpc) is 2.65. The van der Waals surface area contributed by atoms with Crippen molar-refractivity contribution in [1.82, 2.24) is 0 Å². The zero-order chi connectivity index (χ0) is 22.9. The van der Waals surface area contributed by atoms with Crippen molar-refractivity contribution in [2.45, 2.75) is 51.0 Å². The Bertz CT molecular complexity index is 1050. The Balaban J connectivity index is 1.88. The Morgan fingerprint density at radius 3 is 2.58 bits per heavy atom. The van der Waals surface area contributed by atoms with E-state index in [1.165, 1.54) is 26.2 Å². The van der Waals surface area contributed by atoms with Crippen LogP contribution in [0.1, 0.15) is 20.8 Å². The smallest absolute Gasteiger partial charge is 0.404 e. The minimum atomic E-state index is -1.42. The van der Waals surface area contributed by atoms with Gasteiger partial charge in [0.1, 0.15) is 23.1 Å². The lowest BCUT2D eigenvalue weighted by Gasteiger charge is -2.47. The highest BCUT2D eigenvalue weighted by Gasteiger charge is 2.53. The van der Waals surface area contributed by atoms with E-state index < -0.39 is 47.8 Å². The van der Waals surface area contributed by atoms with E-state index in [-0.39, 0.29) is 17.0 Å². The number of anilines is 1. The summed E-state index contributed by atoms with van der Waals surface area (Å²) in [6.45, 7) is 4.65. The second kappa shape index (κ2) is 8.53. The SMILES string of the molecule is COC1[C@H](OC(N)=O)[C@H](O)C(Oc2ccc3cc(NC(C)=O)c(=O)oc3c2)OC1(C)C. The number of fused-ring (bicyclic) bond motifs is 1. The van der Waals surface area contributed by atoms with Crippen molar-refractivity contribution >= 4 is 28.7 Å². The molecule has 1 aromatic heterocycles. The number of aliphatic hydroxyl groups excluding tert-OH is 1. The Kier molecular flexibility index (Phi) is 6.20. The van der Waals surface area contributed by atoms with Gasteiger partial charge < -0.3 is 39.5 Å². The van der Waals surface area contributed by atoms with Crippen molar-refractivity contribution in [1.29, 1.82) is 0 Å². The second-order valence-electron chi connectivity index (χ2n) is 7.58. The summed E-state index contributed by atoms with van der Waals surface area (Å²) in [4.78, 5) is 34.6. The van der Waals surface area contributed by atoms with Crippen molar-refractivity contribution in [2.24, 2.45) is 5.73 Å². The number of hydrogen-bond donors (Lipinski definition) is 3. The first-order chi connectivity index (χ1) is 14.5. The van der Waals surface area contributed by atoms with Gasteiger partial charge in [-0.25, -0.2) is 9.59 Å². The fourth-order valence-corrected chi connectivity index (χ4v) is 3.52. The number of methoxy groups -OCH3 is 1. The van der Waals surface area contributed by atoms with Crippen LogP contribution in [0.3, 0.4) is 0 Å². The number of aliphatic hydroxyl groups is 1. The van der Waals surface area contributed by atoms with E-state index in [1.54, 1.807) is 26.0 Å². The lowest BCUT2D eigenvalue weighted by molar-refractivity contribution is -0.304. The van der Waals surface area contributed by atoms with Gasteiger partial charge in [0, 0.05) is 25.5 Å². The summed E-state index contributed by atoms with van der Waals surface area (Å²) in [6, 6.07) is 6.08. The molecule has 1 saturated heterocycles. The molecule has 0 spiro atoms. The number of carbonyl (C=O) groups is 2. The predicted molar refractivity (Wildman–Crippen MR) is 108 cm³/mol. The van der Waals surface area contributed by atoms with Crippen LogP contribution in [0.4, 0.5) is 10.5 Å². The van der Waals surface area contributed by atoms with Crippen LogP contribution < -0.4 is 21.4 Å². The van der Waals surface area contributed by atoms with Gasteiger partial charge in [-0.3, -0.25) is 4.79 Å². The summed E-state index contributed by atoms with van der Waals surface area (Å²) < 4.78 is 27.2. The maximum absolute atomic E-state index is 12.1. The summed E-state index contributed by atoms with van der Waals surface area (Å²) in [5, 5.41) is 13.6. The number of primary amides is 1. The zero-order valence-corrected chi connectivity index (χ0v) is 17.4. The normalized spacial score (nSPS) is 25.1. The zero-order valence-electron chi connectivity index (χ0n) is 17.4. The molecule has 0 bridgehead atoms. The fraction of sp³-hybridized carbons (Fsp3) is 0.450. The van der Waals surface area contributed by atoms with Crippen LogP contribution in [0.25, 0.3) is 11.0 Å². The Hall–Kier alpha value is -3.15. The quantitative estimate of drug-likeness (QED) is 0.583. The van der Waals surface area contributed by atoms with Gasteiger partial charge in [0.15, 0.2) is 12.2 Å². The monoisotopic (exact) mass is 436 g/mol. The highest BCUT2D eigenvalue weighted by molar-refractivity contribution is 5.91. The highest BCUT2D eigenvalue weighted by Crippen LogP contribution is 2.34. The fourth-order valence-electron chi connectivity index (χ4n) is 3.52. The van der Waals surface area contributed by atoms with Gasteiger partial charge in [-0.1, -0.05) is 0 Å². The maximum Gasteiger partial charge on any atom is 0.404 e. The molecule has 1 aromatic carbocycles. The van der Waals surface area contributed by atoms with Gasteiger partial charge in [0.25, 0.3) is 0 Å². The molecular weight excluding hydrogens is 412 g/mol. The van der Waals surface area contributed by atoms with Crippen molar-refractivity contribution in [3.05, 3.63) is 34.7 Å². The topological polar surface area (TPSA) is 160 Å². The molecule has 2 unspecified atom stereocenters. The molecule has 3 rings (SSSR count). The number of nitrogens with one attached hydrogen (secondary N) is 1. The minimum absolute atomic E-state index is 0.0125. The maximum atomic E-state index is 12.1. The van der Waals surface area contributed by atoms with Crippen LogP contribution in [-0.4, -0.2) is 54.4 Å². The van der Waals surface area contributed by atoms with Gasteiger partial charge >= 0.3 is 11.7 Å². The van der Waals surface area contributed by atoms with E-state index in [9.17, 15) is 19.5 Å². The number of ether oxygens (including phenoxy) is 4. The molecule has 1 aliphatic rings. The van der Waals surface area contributed by atoms with Gasteiger partial charge in [0.05, 0.1) is 5.60 Å². The van der Waals surface area contributed by atoms with Crippen molar-refractivity contribution in [2.75, 3.05) is 12.4 Å². The van der Waals surface area contributed by atoms with Crippen molar-refractivity contribution in [3.8, 4) is 5.75 Å². The molecular formula is C20H24N2O9. The van der Waals surface area contributed by atoms with Crippen LogP contribution in [-0.2, 0) is 19.0 Å². The van der Waals surface area contributed by atoms with E-state index in [0.717, 1.165) is 0 Å². The minimum Gasteiger partial charge on any atom is -0.462 e. The van der Waals surface area contributed by atoms with Gasteiger partial charge in [-0.15, -0.1) is 0 Å². The van der Waals surface area contributed by atoms with Crippen LogP contribution in [0.15, 0.2) is 33.5 Å². The summed E-state index contributed by atoms with van der Waals surface area (Å²) in [6.07, 6.45) is -5.69. The highest BCUT2D eigenvalue weighted by atomic mass is 16.7. The number of carbonyl (C=O) groups excluding carboxylic acids is 2. The molecule has 2 heterocycles. The Morgan fingerprint density at radius 2 is 1.97 bits per heavy atom. The summed E-state index contributed by atoms with van der Waals surface area (Å²) >= 11 is 0. The lowest BCUT2D eigenvalue weighted by Crippen LogP contribution is -2.65. The molecule has 2 aromatic rings. The molecule has 1 aliphatic heterocycles. The van der Waals surface area contributed by atoms with Crippen LogP contribution >= 0.6 is 0 Å². The van der Waals surface area contributed by atoms with E-state index in [0.29, 0.717) is 5.39 Å². The molecule has 4 N–H and O–H groups in total. The van der Waals surface area contributed by atoms with Crippen LogP contribution in [0, 0.1) is 0 Å². The molecule has 1 fully saturated rings. The first-order valence-electron chi connectivity index (χ1n) is 9.38.